The highest BCUT2D eigenvalue weighted by Gasteiger charge is 2.03. The third-order valence-corrected chi connectivity index (χ3v) is 2.30. The van der Waals surface area contributed by atoms with Gasteiger partial charge in [0.25, 0.3) is 5.69 Å². The number of nitrogens with zero attached hydrogens (tertiary/aromatic N) is 2. The monoisotopic (exact) mass is 342 g/mol. The highest BCUT2D eigenvalue weighted by molar-refractivity contribution is 14.0. The fraction of sp³-hybridized carbons (Fsp3) is 0.0833. The quantitative estimate of drug-likeness (QED) is 0.489. The lowest BCUT2D eigenvalue weighted by Crippen LogP contribution is -1.90. The van der Waals surface area contributed by atoms with Gasteiger partial charge in [-0.3, -0.25) is 15.1 Å². The lowest BCUT2D eigenvalue weighted by atomic mass is 10.1. The van der Waals surface area contributed by atoms with Gasteiger partial charge in [-0.1, -0.05) is 12.1 Å². The predicted molar refractivity (Wildman–Crippen MR) is 75.6 cm³/mol. The molecule has 0 unspecified atom stereocenters. The Hall–Kier alpha value is -1.50. The van der Waals surface area contributed by atoms with E-state index in [4.69, 9.17) is 0 Å². The Labute approximate surface area is 116 Å². The maximum absolute atomic E-state index is 10.5. The summed E-state index contributed by atoms with van der Waals surface area (Å²) < 4.78 is 0. The summed E-state index contributed by atoms with van der Waals surface area (Å²) in [6.07, 6.45) is 4.24. The molecule has 0 N–H and O–H groups in total. The first-order chi connectivity index (χ1) is 7.75. The maximum Gasteiger partial charge on any atom is 0.269 e. The molecule has 0 radical (unpaired) electrons. The van der Waals surface area contributed by atoms with Crippen molar-refractivity contribution in [3.05, 3.63) is 70.0 Å². The molecule has 0 atom stereocenters. The average molecular weight is 342 g/mol. The van der Waals surface area contributed by atoms with Crippen molar-refractivity contribution in [2.24, 2.45) is 0 Å². The van der Waals surface area contributed by atoms with Crippen LogP contribution in [-0.2, 0) is 6.42 Å². The van der Waals surface area contributed by atoms with Crippen molar-refractivity contribution in [1.82, 2.24) is 4.98 Å². The van der Waals surface area contributed by atoms with Gasteiger partial charge in [-0.05, 0) is 29.7 Å². The van der Waals surface area contributed by atoms with Crippen LogP contribution in [0.25, 0.3) is 0 Å². The number of nitro benzene ring substituents is 1. The number of rotatable bonds is 3. The molecule has 88 valence electrons. The van der Waals surface area contributed by atoms with Gasteiger partial charge in [-0.15, -0.1) is 24.0 Å². The lowest BCUT2D eigenvalue weighted by molar-refractivity contribution is -0.384. The van der Waals surface area contributed by atoms with Gasteiger partial charge in [0, 0.05) is 24.5 Å². The molecule has 2 aromatic rings. The molecular weight excluding hydrogens is 331 g/mol. The van der Waals surface area contributed by atoms with Crippen molar-refractivity contribution in [1.29, 1.82) is 0 Å². The van der Waals surface area contributed by atoms with E-state index in [2.05, 4.69) is 4.98 Å². The van der Waals surface area contributed by atoms with Gasteiger partial charge in [-0.25, -0.2) is 0 Å². The van der Waals surface area contributed by atoms with Crippen LogP contribution in [0.3, 0.4) is 0 Å². The minimum absolute atomic E-state index is 0. The third kappa shape index (κ3) is 3.77. The minimum atomic E-state index is -0.393. The lowest BCUT2D eigenvalue weighted by Gasteiger charge is -2.00. The number of hydrogen-bond donors (Lipinski definition) is 0. The van der Waals surface area contributed by atoms with Crippen molar-refractivity contribution in [3.63, 3.8) is 0 Å². The molecule has 0 amide bonds. The Bertz CT molecular complexity index is 486. The largest absolute Gasteiger partial charge is 0.269 e. The van der Waals surface area contributed by atoms with Crippen molar-refractivity contribution in [3.8, 4) is 0 Å². The summed E-state index contributed by atoms with van der Waals surface area (Å²) in [5.41, 5.74) is 2.32. The average Bonchev–Trinajstić information content (AvgIpc) is 2.31. The molecule has 0 spiro atoms. The van der Waals surface area contributed by atoms with Gasteiger partial charge in [-0.2, -0.15) is 0 Å². The number of nitro groups is 1. The molecule has 1 aromatic heterocycles. The summed E-state index contributed by atoms with van der Waals surface area (Å²) >= 11 is 0. The Morgan fingerprint density at radius 3 is 2.06 bits per heavy atom. The molecule has 0 aliphatic carbocycles. The van der Waals surface area contributed by atoms with Crippen molar-refractivity contribution in [2.75, 3.05) is 0 Å². The molecule has 5 heteroatoms. The summed E-state index contributed by atoms with van der Waals surface area (Å²) in [4.78, 5) is 14.0. The Balaban J connectivity index is 0.00000144. The van der Waals surface area contributed by atoms with E-state index in [0.29, 0.717) is 0 Å². The molecule has 4 nitrogen and oxygen atoms in total. The van der Waals surface area contributed by atoms with Gasteiger partial charge in [0.15, 0.2) is 0 Å². The van der Waals surface area contributed by atoms with E-state index in [1.807, 2.05) is 12.1 Å². The molecule has 0 aliphatic rings. The predicted octanol–water partition coefficient (Wildman–Crippen LogP) is 3.20. The number of benzene rings is 1. The van der Waals surface area contributed by atoms with Crippen LogP contribution in [0.4, 0.5) is 5.69 Å². The van der Waals surface area contributed by atoms with Crippen LogP contribution in [0.2, 0.25) is 0 Å². The maximum atomic E-state index is 10.5. The first kappa shape index (κ1) is 13.6. The SMILES string of the molecule is I.O=[N+]([O-])c1ccc(Cc2ccncc2)cc1. The number of non-ortho nitro benzene ring substituents is 1. The van der Waals surface area contributed by atoms with E-state index in [1.165, 1.54) is 12.1 Å². The number of aromatic nitrogens is 1. The zero-order valence-corrected chi connectivity index (χ0v) is 11.3. The summed E-state index contributed by atoms with van der Waals surface area (Å²) in [5.74, 6) is 0. The second-order valence-electron chi connectivity index (χ2n) is 3.46. The van der Waals surface area contributed by atoms with Crippen LogP contribution in [0.5, 0.6) is 0 Å². The van der Waals surface area contributed by atoms with E-state index in [-0.39, 0.29) is 29.7 Å². The molecule has 0 aliphatic heterocycles. The van der Waals surface area contributed by atoms with Crippen LogP contribution >= 0.6 is 24.0 Å². The summed E-state index contributed by atoms with van der Waals surface area (Å²) in [6.45, 7) is 0. The van der Waals surface area contributed by atoms with Gasteiger partial charge in [0.1, 0.15) is 0 Å². The fourth-order valence-corrected chi connectivity index (χ4v) is 1.47. The topological polar surface area (TPSA) is 56.0 Å². The number of hydrogen-bond acceptors (Lipinski definition) is 3. The minimum Gasteiger partial charge on any atom is -0.265 e. The number of pyridine rings is 1. The second kappa shape index (κ2) is 6.29. The van der Waals surface area contributed by atoms with Gasteiger partial charge >= 0.3 is 0 Å². The standard InChI is InChI=1S/C12H10N2O2.HI/c15-14(16)12-3-1-10(2-4-12)9-11-5-7-13-8-6-11;/h1-8H,9H2;1H. The highest BCUT2D eigenvalue weighted by Crippen LogP contribution is 2.14. The zero-order valence-electron chi connectivity index (χ0n) is 8.95. The Morgan fingerprint density at radius 1 is 1.00 bits per heavy atom. The molecule has 0 fully saturated rings. The molecule has 1 heterocycles. The Kier molecular flexibility index (Phi) is 5.02. The van der Waals surface area contributed by atoms with Crippen LogP contribution in [0.1, 0.15) is 11.1 Å². The van der Waals surface area contributed by atoms with E-state index in [9.17, 15) is 10.1 Å². The van der Waals surface area contributed by atoms with Gasteiger partial charge in [0.2, 0.25) is 0 Å². The first-order valence-corrected chi connectivity index (χ1v) is 4.88. The molecule has 2 rings (SSSR count). The van der Waals surface area contributed by atoms with Crippen LogP contribution < -0.4 is 0 Å². The number of halogens is 1. The Morgan fingerprint density at radius 2 is 1.53 bits per heavy atom. The van der Waals surface area contributed by atoms with E-state index in [1.54, 1.807) is 24.5 Å². The third-order valence-electron chi connectivity index (χ3n) is 2.30. The van der Waals surface area contributed by atoms with Gasteiger partial charge in [0.05, 0.1) is 4.92 Å². The van der Waals surface area contributed by atoms with Gasteiger partial charge < -0.3 is 0 Å². The smallest absolute Gasteiger partial charge is 0.265 e. The molecule has 0 saturated carbocycles. The summed E-state index contributed by atoms with van der Waals surface area (Å²) in [6, 6.07) is 10.5. The molecule has 0 saturated heterocycles. The van der Waals surface area contributed by atoms with Crippen LogP contribution in [-0.4, -0.2) is 9.91 Å². The first-order valence-electron chi connectivity index (χ1n) is 4.88. The van der Waals surface area contributed by atoms with E-state index < -0.39 is 4.92 Å². The zero-order chi connectivity index (χ0) is 11.4. The molecule has 17 heavy (non-hydrogen) atoms. The summed E-state index contributed by atoms with van der Waals surface area (Å²) in [7, 11) is 0. The van der Waals surface area contributed by atoms with Crippen LogP contribution in [0.15, 0.2) is 48.8 Å². The summed E-state index contributed by atoms with van der Waals surface area (Å²) in [5, 5.41) is 10.5. The van der Waals surface area contributed by atoms with E-state index >= 15 is 0 Å². The van der Waals surface area contributed by atoms with Crippen molar-refractivity contribution >= 4 is 29.7 Å². The highest BCUT2D eigenvalue weighted by atomic mass is 127. The van der Waals surface area contributed by atoms with Crippen molar-refractivity contribution < 1.29 is 4.92 Å². The second-order valence-corrected chi connectivity index (χ2v) is 3.46. The molecule has 1 aromatic carbocycles. The fourth-order valence-electron chi connectivity index (χ4n) is 1.47. The normalized spacial score (nSPS) is 9.41. The van der Waals surface area contributed by atoms with E-state index in [0.717, 1.165) is 17.5 Å². The molecular formula is C12H11IN2O2. The van der Waals surface area contributed by atoms with Crippen LogP contribution in [0, 0.1) is 10.1 Å². The molecule has 0 bridgehead atoms. The van der Waals surface area contributed by atoms with Crippen molar-refractivity contribution in [2.45, 2.75) is 6.42 Å².